The SMILES string of the molecule is B[C@H]1C[C@H](/C=C/P(=O)(O)O)[C@@H](OP(=O)(O)OCC)[C@H]1OC. The predicted molar refractivity (Wildman–Crippen MR) is 78.7 cm³/mol. The first kappa shape index (κ1) is 19.1. The van der Waals surface area contributed by atoms with Gasteiger partial charge in [-0.05, 0) is 19.2 Å². The van der Waals surface area contributed by atoms with E-state index in [1.54, 1.807) is 6.92 Å². The van der Waals surface area contributed by atoms with Gasteiger partial charge in [-0.15, -0.1) is 0 Å². The third-order valence-electron chi connectivity index (χ3n) is 3.30. The van der Waals surface area contributed by atoms with Gasteiger partial charge < -0.3 is 19.4 Å². The molecule has 8 nitrogen and oxygen atoms in total. The molecule has 1 unspecified atom stereocenters. The van der Waals surface area contributed by atoms with Gasteiger partial charge in [-0.25, -0.2) is 4.57 Å². The molecule has 122 valence electrons. The average molecular weight is 342 g/mol. The molecular formula is C10H21BO8P2. The zero-order valence-electron chi connectivity index (χ0n) is 12.2. The zero-order chi connectivity index (χ0) is 16.3. The van der Waals surface area contributed by atoms with Crippen molar-refractivity contribution in [3.05, 3.63) is 11.9 Å². The molecular weight excluding hydrogens is 321 g/mol. The summed E-state index contributed by atoms with van der Waals surface area (Å²) in [5.74, 6) is 0.341. The fourth-order valence-corrected chi connectivity index (χ4v) is 3.94. The van der Waals surface area contributed by atoms with Crippen LogP contribution in [0.3, 0.4) is 0 Å². The van der Waals surface area contributed by atoms with E-state index < -0.39 is 33.5 Å². The van der Waals surface area contributed by atoms with Gasteiger partial charge in [-0.1, -0.05) is 6.08 Å². The Balaban J connectivity index is 2.93. The van der Waals surface area contributed by atoms with Gasteiger partial charge in [0.05, 0.1) is 12.7 Å². The largest absolute Gasteiger partial charge is 0.472 e. The van der Waals surface area contributed by atoms with Crippen molar-refractivity contribution in [1.29, 1.82) is 0 Å². The van der Waals surface area contributed by atoms with Crippen molar-refractivity contribution < 1.29 is 37.6 Å². The topological polar surface area (TPSA) is 123 Å². The van der Waals surface area contributed by atoms with Crippen LogP contribution in [0.15, 0.2) is 11.9 Å². The average Bonchev–Trinajstić information content (AvgIpc) is 2.60. The summed E-state index contributed by atoms with van der Waals surface area (Å²) in [5, 5.41) is 0. The smallest absolute Gasteiger partial charge is 0.379 e. The summed E-state index contributed by atoms with van der Waals surface area (Å²) in [6.07, 6.45) is 0.561. The molecule has 0 aromatic carbocycles. The number of methoxy groups -OCH3 is 1. The number of hydrogen-bond acceptors (Lipinski definition) is 5. The standard InChI is InChI=1S/C10H21BO8P2/c1-3-18-21(15,16)19-9-7(4-5-20(12,13)14)6-8(11)10(9)17-2/h4-5,7-10H,3,6,11H2,1-2H3,(H,15,16)(H2,12,13,14)/b5-4+/t7-,8-,9+,10-/m0/s1. The van der Waals surface area contributed by atoms with Crippen LogP contribution in [0.1, 0.15) is 13.3 Å². The van der Waals surface area contributed by atoms with Gasteiger partial charge >= 0.3 is 15.4 Å². The Labute approximate surface area is 124 Å². The summed E-state index contributed by atoms with van der Waals surface area (Å²) in [4.78, 5) is 27.4. The van der Waals surface area contributed by atoms with E-state index in [0.717, 1.165) is 5.82 Å². The lowest BCUT2D eigenvalue weighted by Gasteiger charge is -2.25. The molecule has 3 N–H and O–H groups in total. The van der Waals surface area contributed by atoms with Crippen LogP contribution in [0.5, 0.6) is 0 Å². The lowest BCUT2D eigenvalue weighted by Crippen LogP contribution is -2.30. The van der Waals surface area contributed by atoms with E-state index in [1.165, 1.54) is 13.2 Å². The zero-order valence-corrected chi connectivity index (χ0v) is 13.9. The second kappa shape index (κ2) is 7.53. The summed E-state index contributed by atoms with van der Waals surface area (Å²) < 4.78 is 37.8. The maximum atomic E-state index is 11.8. The van der Waals surface area contributed by atoms with Crippen LogP contribution in [0, 0.1) is 5.92 Å². The van der Waals surface area contributed by atoms with E-state index >= 15 is 0 Å². The molecule has 0 radical (unpaired) electrons. The molecule has 0 aromatic rings. The Kier molecular flexibility index (Phi) is 6.84. The van der Waals surface area contributed by atoms with Crippen molar-refractivity contribution in [1.82, 2.24) is 0 Å². The maximum absolute atomic E-state index is 11.8. The molecule has 0 spiro atoms. The minimum absolute atomic E-state index is 0.00745. The van der Waals surface area contributed by atoms with E-state index in [2.05, 4.69) is 4.52 Å². The highest BCUT2D eigenvalue weighted by Crippen LogP contribution is 2.51. The van der Waals surface area contributed by atoms with Crippen molar-refractivity contribution in [2.24, 2.45) is 5.92 Å². The number of phosphoric ester groups is 1. The molecule has 1 fully saturated rings. The highest BCUT2D eigenvalue weighted by molar-refractivity contribution is 7.55. The Morgan fingerprint density at radius 1 is 1.29 bits per heavy atom. The number of ether oxygens (including phenoxy) is 1. The van der Waals surface area contributed by atoms with Crippen LogP contribution in [0.25, 0.3) is 0 Å². The maximum Gasteiger partial charge on any atom is 0.472 e. The van der Waals surface area contributed by atoms with Crippen LogP contribution >= 0.6 is 15.4 Å². The van der Waals surface area contributed by atoms with Gasteiger partial charge in [-0.3, -0.25) is 13.6 Å². The molecule has 11 heteroatoms. The fourth-order valence-electron chi connectivity index (χ4n) is 2.53. The monoisotopic (exact) mass is 342 g/mol. The van der Waals surface area contributed by atoms with Crippen molar-refractivity contribution in [2.45, 2.75) is 31.4 Å². The first-order chi connectivity index (χ1) is 9.59. The Bertz CT molecular complexity index is 464. The van der Waals surface area contributed by atoms with Gasteiger partial charge in [-0.2, -0.15) is 0 Å². The van der Waals surface area contributed by atoms with Crippen molar-refractivity contribution >= 4 is 23.3 Å². The van der Waals surface area contributed by atoms with E-state index in [-0.39, 0.29) is 12.4 Å². The quantitative estimate of drug-likeness (QED) is 0.455. The van der Waals surface area contributed by atoms with Crippen LogP contribution in [0.2, 0.25) is 5.82 Å². The van der Waals surface area contributed by atoms with Gasteiger partial charge in [0, 0.05) is 18.8 Å². The van der Waals surface area contributed by atoms with Gasteiger partial charge in [0.2, 0.25) is 0 Å². The Morgan fingerprint density at radius 3 is 2.38 bits per heavy atom. The molecule has 1 aliphatic rings. The van der Waals surface area contributed by atoms with Crippen LogP contribution in [0.4, 0.5) is 0 Å². The number of rotatable bonds is 7. The molecule has 0 aliphatic heterocycles. The fraction of sp³-hybridized carbons (Fsp3) is 0.800. The lowest BCUT2D eigenvalue weighted by atomic mass is 9.83. The normalized spacial score (nSPS) is 33.4. The molecule has 1 saturated carbocycles. The molecule has 5 atom stereocenters. The first-order valence-corrected chi connectivity index (χ1v) is 9.70. The van der Waals surface area contributed by atoms with Crippen molar-refractivity contribution in [3.63, 3.8) is 0 Å². The molecule has 0 heterocycles. The second-order valence-electron chi connectivity index (χ2n) is 4.96. The van der Waals surface area contributed by atoms with Crippen molar-refractivity contribution in [3.8, 4) is 0 Å². The van der Waals surface area contributed by atoms with E-state index in [4.69, 9.17) is 19.0 Å². The van der Waals surface area contributed by atoms with Crippen LogP contribution in [-0.4, -0.2) is 48.5 Å². The van der Waals surface area contributed by atoms with E-state index in [1.807, 2.05) is 7.85 Å². The van der Waals surface area contributed by atoms with Crippen LogP contribution < -0.4 is 0 Å². The molecule has 0 bridgehead atoms. The summed E-state index contributed by atoms with van der Waals surface area (Å²) in [7, 11) is -5.20. The van der Waals surface area contributed by atoms with Gasteiger partial charge in [0.15, 0.2) is 0 Å². The molecule has 0 saturated heterocycles. The number of hydrogen-bond donors (Lipinski definition) is 3. The molecule has 1 rings (SSSR count). The van der Waals surface area contributed by atoms with Gasteiger partial charge in [0.1, 0.15) is 14.0 Å². The van der Waals surface area contributed by atoms with Crippen molar-refractivity contribution in [2.75, 3.05) is 13.7 Å². The highest BCUT2D eigenvalue weighted by atomic mass is 31.2. The highest BCUT2D eigenvalue weighted by Gasteiger charge is 2.45. The lowest BCUT2D eigenvalue weighted by molar-refractivity contribution is -0.00588. The number of phosphoric acid groups is 1. The van der Waals surface area contributed by atoms with Gasteiger partial charge in [0.25, 0.3) is 0 Å². The third-order valence-corrected chi connectivity index (χ3v) is 4.95. The third kappa shape index (κ3) is 5.97. The minimum atomic E-state index is -4.30. The second-order valence-corrected chi connectivity index (χ2v) is 7.85. The Morgan fingerprint density at radius 2 is 1.90 bits per heavy atom. The van der Waals surface area contributed by atoms with Crippen LogP contribution in [-0.2, 0) is 22.9 Å². The first-order valence-electron chi connectivity index (χ1n) is 6.52. The summed E-state index contributed by atoms with van der Waals surface area (Å²) in [6.45, 7) is 1.57. The molecule has 21 heavy (non-hydrogen) atoms. The molecule has 0 amide bonds. The summed E-state index contributed by atoms with van der Waals surface area (Å²) in [5.41, 5.74) is 0. The van der Waals surface area contributed by atoms with E-state index in [0.29, 0.717) is 6.42 Å². The predicted octanol–water partition coefficient (Wildman–Crippen LogP) is 0.656. The summed E-state index contributed by atoms with van der Waals surface area (Å²) >= 11 is 0. The Hall–Kier alpha value is 0.0249. The summed E-state index contributed by atoms with van der Waals surface area (Å²) in [6, 6.07) is 0. The molecule has 0 aromatic heterocycles. The van der Waals surface area contributed by atoms with E-state index in [9.17, 15) is 14.0 Å². The minimum Gasteiger partial charge on any atom is -0.379 e. The molecule has 1 aliphatic carbocycles.